The minimum Gasteiger partial charge on any atom is -0.465 e. The molecule has 0 aromatic rings. The van der Waals surface area contributed by atoms with Crippen LogP contribution in [0.25, 0.3) is 0 Å². The standard InChI is InChI=1S/C15H27N3O6/c1-15(2,3)24-13(19)17-16-11(6-7-12(22-4)23-5)10-8-18(9-10)14(20)21/h10,12H,6-9H2,1-5H3,(H,17,19)(H,20,21)/b16-11+. The predicted octanol–water partition coefficient (Wildman–Crippen LogP) is 1.88. The van der Waals surface area contributed by atoms with Gasteiger partial charge in [-0.2, -0.15) is 5.10 Å². The highest BCUT2D eigenvalue weighted by Crippen LogP contribution is 2.20. The highest BCUT2D eigenvalue weighted by Gasteiger charge is 2.34. The molecule has 0 unspecified atom stereocenters. The number of rotatable bonds is 7. The van der Waals surface area contributed by atoms with Crippen LogP contribution in [0, 0.1) is 5.92 Å². The molecule has 1 aliphatic heterocycles. The molecule has 0 radical (unpaired) electrons. The summed E-state index contributed by atoms with van der Waals surface area (Å²) < 4.78 is 15.4. The Morgan fingerprint density at radius 1 is 1.29 bits per heavy atom. The van der Waals surface area contributed by atoms with Gasteiger partial charge in [-0.15, -0.1) is 0 Å². The summed E-state index contributed by atoms with van der Waals surface area (Å²) in [6.45, 7) is 5.99. The molecule has 0 bridgehead atoms. The normalized spacial score (nSPS) is 16.1. The molecule has 1 fully saturated rings. The molecule has 0 atom stereocenters. The van der Waals surface area contributed by atoms with E-state index >= 15 is 0 Å². The molecular weight excluding hydrogens is 318 g/mol. The third kappa shape index (κ3) is 6.71. The van der Waals surface area contributed by atoms with Crippen molar-refractivity contribution in [2.75, 3.05) is 27.3 Å². The van der Waals surface area contributed by atoms with E-state index in [2.05, 4.69) is 10.5 Å². The van der Waals surface area contributed by atoms with Gasteiger partial charge in [-0.05, 0) is 27.2 Å². The Bertz CT molecular complexity index is 464. The second kappa shape index (κ2) is 8.84. The molecule has 0 aliphatic carbocycles. The lowest BCUT2D eigenvalue weighted by Crippen LogP contribution is -2.53. The fourth-order valence-electron chi connectivity index (χ4n) is 2.21. The molecule has 0 aromatic carbocycles. The second-order valence-corrected chi connectivity index (χ2v) is 6.54. The Hall–Kier alpha value is -1.87. The molecule has 0 saturated carbocycles. The number of carboxylic acid groups (broad SMARTS) is 1. The summed E-state index contributed by atoms with van der Waals surface area (Å²) in [7, 11) is 3.08. The molecule has 9 nitrogen and oxygen atoms in total. The van der Waals surface area contributed by atoms with Gasteiger partial charge in [0.2, 0.25) is 0 Å². The van der Waals surface area contributed by atoms with E-state index < -0.39 is 17.8 Å². The zero-order valence-electron chi connectivity index (χ0n) is 14.9. The maximum Gasteiger partial charge on any atom is 0.428 e. The van der Waals surface area contributed by atoms with E-state index in [1.807, 2.05) is 0 Å². The third-order valence-corrected chi connectivity index (χ3v) is 3.47. The van der Waals surface area contributed by atoms with Crippen molar-refractivity contribution in [3.63, 3.8) is 0 Å². The van der Waals surface area contributed by atoms with Crippen LogP contribution >= 0.6 is 0 Å². The highest BCUT2D eigenvalue weighted by molar-refractivity contribution is 5.90. The van der Waals surface area contributed by atoms with Gasteiger partial charge in [-0.25, -0.2) is 15.0 Å². The first kappa shape index (κ1) is 20.2. The van der Waals surface area contributed by atoms with Gasteiger partial charge in [0.1, 0.15) is 5.60 Å². The number of carbonyl (C=O) groups is 2. The fraction of sp³-hybridized carbons (Fsp3) is 0.800. The van der Waals surface area contributed by atoms with Gasteiger partial charge in [0.25, 0.3) is 0 Å². The molecule has 24 heavy (non-hydrogen) atoms. The minimum absolute atomic E-state index is 0.0367. The van der Waals surface area contributed by atoms with E-state index in [0.717, 1.165) is 0 Å². The molecule has 1 saturated heterocycles. The quantitative estimate of drug-likeness (QED) is 0.414. The average Bonchev–Trinajstić information content (AvgIpc) is 2.40. The summed E-state index contributed by atoms with van der Waals surface area (Å²) in [5.41, 5.74) is 2.45. The number of amides is 2. The zero-order chi connectivity index (χ0) is 18.3. The number of nitrogens with one attached hydrogen (secondary N) is 1. The molecule has 1 heterocycles. The maximum absolute atomic E-state index is 11.7. The van der Waals surface area contributed by atoms with Crippen molar-refractivity contribution in [1.82, 2.24) is 10.3 Å². The number of hydrogen-bond donors (Lipinski definition) is 2. The van der Waals surface area contributed by atoms with Gasteiger partial charge in [0.05, 0.1) is 0 Å². The summed E-state index contributed by atoms with van der Waals surface area (Å²) >= 11 is 0. The van der Waals surface area contributed by atoms with Gasteiger partial charge in [-0.1, -0.05) is 0 Å². The number of methoxy groups -OCH3 is 2. The van der Waals surface area contributed by atoms with E-state index in [0.29, 0.717) is 31.6 Å². The number of nitrogens with zero attached hydrogens (tertiary/aromatic N) is 2. The van der Waals surface area contributed by atoms with Crippen LogP contribution in [0.2, 0.25) is 0 Å². The van der Waals surface area contributed by atoms with Crippen LogP contribution in [-0.4, -0.2) is 67.1 Å². The molecule has 0 aromatic heterocycles. The van der Waals surface area contributed by atoms with Crippen molar-refractivity contribution in [3.05, 3.63) is 0 Å². The minimum atomic E-state index is -0.961. The van der Waals surface area contributed by atoms with E-state index in [9.17, 15) is 9.59 Å². The lowest BCUT2D eigenvalue weighted by Gasteiger charge is -2.37. The Balaban J connectivity index is 2.65. The second-order valence-electron chi connectivity index (χ2n) is 6.54. The van der Waals surface area contributed by atoms with Crippen molar-refractivity contribution < 1.29 is 28.9 Å². The van der Waals surface area contributed by atoms with Gasteiger partial charge in [-0.3, -0.25) is 0 Å². The van der Waals surface area contributed by atoms with Crippen molar-refractivity contribution in [3.8, 4) is 0 Å². The first-order chi connectivity index (χ1) is 11.2. The van der Waals surface area contributed by atoms with Gasteiger partial charge in [0, 0.05) is 45.4 Å². The van der Waals surface area contributed by atoms with E-state index in [1.165, 1.54) is 4.90 Å². The van der Waals surface area contributed by atoms with Crippen molar-refractivity contribution in [2.24, 2.45) is 11.0 Å². The maximum atomic E-state index is 11.7. The Morgan fingerprint density at radius 3 is 2.33 bits per heavy atom. The molecule has 0 spiro atoms. The summed E-state index contributed by atoms with van der Waals surface area (Å²) in [6.07, 6.45) is -0.930. The summed E-state index contributed by atoms with van der Waals surface area (Å²) in [5, 5.41) is 13.1. The first-order valence-electron chi connectivity index (χ1n) is 7.75. The van der Waals surface area contributed by atoms with Crippen molar-refractivity contribution in [2.45, 2.75) is 45.5 Å². The predicted molar refractivity (Wildman–Crippen MR) is 86.9 cm³/mol. The SMILES string of the molecule is COC(CC/C(=N\NC(=O)OC(C)(C)C)C1CN(C(=O)O)C1)OC. The van der Waals surface area contributed by atoms with Crippen LogP contribution in [0.4, 0.5) is 9.59 Å². The number of hydrogen-bond acceptors (Lipinski definition) is 6. The zero-order valence-corrected chi connectivity index (χ0v) is 14.9. The molecule has 2 amide bonds. The Labute approximate surface area is 141 Å². The number of likely N-dealkylation sites (tertiary alicyclic amines) is 1. The largest absolute Gasteiger partial charge is 0.465 e. The Kier molecular flexibility index (Phi) is 7.43. The Morgan fingerprint density at radius 2 is 1.88 bits per heavy atom. The number of hydrazone groups is 1. The van der Waals surface area contributed by atoms with Crippen LogP contribution < -0.4 is 5.43 Å². The van der Waals surface area contributed by atoms with Crippen LogP contribution in [0.3, 0.4) is 0 Å². The van der Waals surface area contributed by atoms with Crippen LogP contribution in [0.5, 0.6) is 0 Å². The van der Waals surface area contributed by atoms with Crippen molar-refractivity contribution in [1.29, 1.82) is 0 Å². The smallest absolute Gasteiger partial charge is 0.428 e. The van der Waals surface area contributed by atoms with Gasteiger partial charge in [0.15, 0.2) is 6.29 Å². The molecular formula is C15H27N3O6. The van der Waals surface area contributed by atoms with Crippen LogP contribution in [0.15, 0.2) is 5.10 Å². The topological polar surface area (TPSA) is 110 Å². The van der Waals surface area contributed by atoms with E-state index in [-0.39, 0.29) is 12.2 Å². The average molecular weight is 345 g/mol. The third-order valence-electron chi connectivity index (χ3n) is 3.47. The molecule has 1 aliphatic rings. The molecule has 1 rings (SSSR count). The summed E-state index contributed by atoms with van der Waals surface area (Å²) in [4.78, 5) is 23.9. The highest BCUT2D eigenvalue weighted by atomic mass is 16.7. The molecule has 9 heteroatoms. The van der Waals surface area contributed by atoms with Gasteiger partial charge >= 0.3 is 12.2 Å². The van der Waals surface area contributed by atoms with E-state index in [4.69, 9.17) is 19.3 Å². The van der Waals surface area contributed by atoms with Crippen molar-refractivity contribution >= 4 is 17.9 Å². The van der Waals surface area contributed by atoms with E-state index in [1.54, 1.807) is 35.0 Å². The fourth-order valence-corrected chi connectivity index (χ4v) is 2.21. The summed E-state index contributed by atoms with van der Waals surface area (Å²) in [5.74, 6) is -0.0367. The number of ether oxygens (including phenoxy) is 3. The summed E-state index contributed by atoms with van der Waals surface area (Å²) in [6, 6.07) is 0. The molecule has 138 valence electrons. The lowest BCUT2D eigenvalue weighted by atomic mass is 9.92. The monoisotopic (exact) mass is 345 g/mol. The first-order valence-corrected chi connectivity index (χ1v) is 7.75. The lowest BCUT2D eigenvalue weighted by molar-refractivity contribution is -0.105. The van der Waals surface area contributed by atoms with Gasteiger partial charge < -0.3 is 24.2 Å². The van der Waals surface area contributed by atoms with Crippen LogP contribution in [-0.2, 0) is 14.2 Å². The number of carbonyl (C=O) groups excluding carboxylic acids is 1. The van der Waals surface area contributed by atoms with Crippen LogP contribution in [0.1, 0.15) is 33.6 Å². The molecule has 2 N–H and O–H groups in total.